The molecule has 1 atom stereocenters. The van der Waals surface area contributed by atoms with Gasteiger partial charge < -0.3 is 0 Å². The van der Waals surface area contributed by atoms with Crippen LogP contribution in [0.25, 0.3) is 0 Å². The van der Waals surface area contributed by atoms with Gasteiger partial charge in [0, 0.05) is 0 Å². The summed E-state index contributed by atoms with van der Waals surface area (Å²) in [4.78, 5) is 0. The molecule has 0 aromatic heterocycles. The fourth-order valence-electron chi connectivity index (χ4n) is 0.551. The molecule has 1 unspecified atom stereocenters. The van der Waals surface area contributed by atoms with Crippen molar-refractivity contribution in [1.29, 1.82) is 0 Å². The molecule has 0 aliphatic rings. The number of hydrogen-bond donors (Lipinski definition) is 0. The summed E-state index contributed by atoms with van der Waals surface area (Å²) in [5.74, 6) is 1.15. The summed E-state index contributed by atoms with van der Waals surface area (Å²) >= 11 is 5.97. The Bertz CT molecular complexity index is 103. The molecule has 0 spiro atoms. The summed E-state index contributed by atoms with van der Waals surface area (Å²) in [6.45, 7) is 8.56. The molecule has 0 aliphatic heterocycles. The maximum atomic E-state index is 5.97. The highest BCUT2D eigenvalue weighted by molar-refractivity contribution is 6.21. The molecule has 0 rings (SSSR count). The molecular weight excluding hydrogens is 144 g/mol. The Hall–Kier alpha value is 0.0300. The van der Waals surface area contributed by atoms with Gasteiger partial charge >= 0.3 is 0 Å². The second-order valence-electron chi connectivity index (χ2n) is 3.32. The first kappa shape index (κ1) is 10.0. The number of rotatable bonds is 3. The minimum Gasteiger partial charge on any atom is -0.118 e. The van der Waals surface area contributed by atoms with Gasteiger partial charge in [0.1, 0.15) is 0 Å². The maximum absolute atomic E-state index is 5.97. The maximum Gasteiger partial charge on any atom is 0.0539 e. The second kappa shape index (κ2) is 4.79. The minimum absolute atomic E-state index is 0.197. The molecule has 0 fully saturated rings. The second-order valence-corrected chi connectivity index (χ2v) is 3.82. The van der Waals surface area contributed by atoms with Crippen LogP contribution in [0.4, 0.5) is 0 Å². The normalized spacial score (nSPS) is 15.5. The van der Waals surface area contributed by atoms with Crippen LogP contribution in [0.3, 0.4) is 0 Å². The zero-order valence-electron chi connectivity index (χ0n) is 7.26. The van der Waals surface area contributed by atoms with E-state index in [4.69, 9.17) is 11.6 Å². The molecule has 0 nitrogen and oxygen atoms in total. The summed E-state index contributed by atoms with van der Waals surface area (Å²) in [6.07, 6.45) is 4.23. The van der Waals surface area contributed by atoms with Gasteiger partial charge in [-0.1, -0.05) is 39.8 Å². The predicted octanol–water partition coefficient (Wildman–Crippen LogP) is 3.46. The van der Waals surface area contributed by atoms with E-state index in [9.17, 15) is 0 Å². The number of alkyl halides is 1. The summed E-state index contributed by atoms with van der Waals surface area (Å²) in [5.41, 5.74) is 0. The predicted molar refractivity (Wildman–Crippen MR) is 48.5 cm³/mol. The lowest BCUT2D eigenvalue weighted by Crippen LogP contribution is -2.03. The van der Waals surface area contributed by atoms with Gasteiger partial charge in [0.25, 0.3) is 0 Å². The zero-order valence-corrected chi connectivity index (χ0v) is 8.02. The lowest BCUT2D eigenvalue weighted by molar-refractivity contribution is 0.666. The average molecular weight is 161 g/mol. The summed E-state index contributed by atoms with van der Waals surface area (Å²) in [7, 11) is 0. The number of halogens is 1. The highest BCUT2D eigenvalue weighted by Crippen LogP contribution is 2.11. The molecule has 0 aromatic carbocycles. The molecule has 0 aromatic rings. The Kier molecular flexibility index (Phi) is 4.80. The standard InChI is InChI=1S/C9H17Cl/c1-7(2)5-6-9(10)8(3)4/h5-9H,1-4H3/b6-5-. The molecule has 0 amide bonds. The molecule has 0 saturated heterocycles. The van der Waals surface area contributed by atoms with Gasteiger partial charge in [-0.25, -0.2) is 0 Å². The topological polar surface area (TPSA) is 0 Å². The third-order valence-corrected chi connectivity index (χ3v) is 1.97. The first-order valence-electron chi connectivity index (χ1n) is 3.86. The van der Waals surface area contributed by atoms with E-state index in [1.807, 2.05) is 0 Å². The summed E-state index contributed by atoms with van der Waals surface area (Å²) in [6, 6.07) is 0. The van der Waals surface area contributed by atoms with Gasteiger partial charge in [0.2, 0.25) is 0 Å². The number of hydrogen-bond acceptors (Lipinski definition) is 0. The van der Waals surface area contributed by atoms with Gasteiger partial charge in [-0.2, -0.15) is 0 Å². The van der Waals surface area contributed by atoms with Crippen molar-refractivity contribution in [2.24, 2.45) is 11.8 Å². The van der Waals surface area contributed by atoms with Gasteiger partial charge in [0.15, 0.2) is 0 Å². The van der Waals surface area contributed by atoms with E-state index in [0.717, 1.165) is 0 Å². The van der Waals surface area contributed by atoms with Crippen LogP contribution in [0.15, 0.2) is 12.2 Å². The van der Waals surface area contributed by atoms with Crippen molar-refractivity contribution in [3.63, 3.8) is 0 Å². The van der Waals surface area contributed by atoms with E-state index in [-0.39, 0.29) is 5.38 Å². The zero-order chi connectivity index (χ0) is 8.15. The summed E-state index contributed by atoms with van der Waals surface area (Å²) < 4.78 is 0. The van der Waals surface area contributed by atoms with Gasteiger partial charge in [-0.3, -0.25) is 0 Å². The van der Waals surface area contributed by atoms with Crippen molar-refractivity contribution in [3.05, 3.63) is 12.2 Å². The van der Waals surface area contributed by atoms with Crippen LogP contribution in [-0.4, -0.2) is 5.38 Å². The van der Waals surface area contributed by atoms with Crippen LogP contribution in [0, 0.1) is 11.8 Å². The average Bonchev–Trinajstić information content (AvgIpc) is 1.82. The highest BCUT2D eigenvalue weighted by atomic mass is 35.5. The van der Waals surface area contributed by atoms with Crippen molar-refractivity contribution < 1.29 is 0 Å². The van der Waals surface area contributed by atoms with Crippen LogP contribution in [0.2, 0.25) is 0 Å². The van der Waals surface area contributed by atoms with Crippen molar-refractivity contribution in [2.45, 2.75) is 33.1 Å². The van der Waals surface area contributed by atoms with E-state index in [1.54, 1.807) is 0 Å². The van der Waals surface area contributed by atoms with Gasteiger partial charge in [-0.15, -0.1) is 11.6 Å². The van der Waals surface area contributed by atoms with Crippen LogP contribution in [0.1, 0.15) is 27.7 Å². The quantitative estimate of drug-likeness (QED) is 0.438. The van der Waals surface area contributed by atoms with E-state index < -0.39 is 0 Å². The van der Waals surface area contributed by atoms with Crippen molar-refractivity contribution in [3.8, 4) is 0 Å². The Morgan fingerprint density at radius 2 is 1.50 bits per heavy atom. The highest BCUT2D eigenvalue weighted by Gasteiger charge is 2.03. The smallest absolute Gasteiger partial charge is 0.0539 e. The molecule has 0 bridgehead atoms. The molecular formula is C9H17Cl. The number of allylic oxidation sites excluding steroid dienone is 2. The largest absolute Gasteiger partial charge is 0.118 e. The molecule has 0 aliphatic carbocycles. The van der Waals surface area contributed by atoms with E-state index in [2.05, 4.69) is 39.8 Å². The molecule has 0 saturated carbocycles. The van der Waals surface area contributed by atoms with E-state index in [1.165, 1.54) is 0 Å². The molecule has 10 heavy (non-hydrogen) atoms. The first-order valence-corrected chi connectivity index (χ1v) is 4.30. The van der Waals surface area contributed by atoms with E-state index >= 15 is 0 Å². The lowest BCUT2D eigenvalue weighted by atomic mass is 10.1. The van der Waals surface area contributed by atoms with Crippen LogP contribution >= 0.6 is 11.6 Å². The minimum atomic E-state index is 0.197. The van der Waals surface area contributed by atoms with Crippen LogP contribution in [-0.2, 0) is 0 Å². The molecule has 1 heteroatoms. The fourth-order valence-corrected chi connectivity index (χ4v) is 0.635. The van der Waals surface area contributed by atoms with Crippen molar-refractivity contribution in [2.75, 3.05) is 0 Å². The molecule has 0 radical (unpaired) electrons. The monoisotopic (exact) mass is 160 g/mol. The Morgan fingerprint density at radius 1 is 1.00 bits per heavy atom. The first-order chi connectivity index (χ1) is 4.54. The van der Waals surface area contributed by atoms with Crippen molar-refractivity contribution >= 4 is 11.6 Å². The molecule has 0 heterocycles. The SMILES string of the molecule is CC(C)/C=C\C(Cl)C(C)C. The molecule has 0 N–H and O–H groups in total. The fraction of sp³-hybridized carbons (Fsp3) is 0.778. The summed E-state index contributed by atoms with van der Waals surface area (Å²) in [5, 5.41) is 0.197. The van der Waals surface area contributed by atoms with Crippen LogP contribution in [0.5, 0.6) is 0 Å². The van der Waals surface area contributed by atoms with Crippen LogP contribution < -0.4 is 0 Å². The van der Waals surface area contributed by atoms with Gasteiger partial charge in [-0.05, 0) is 11.8 Å². The third-order valence-electron chi connectivity index (χ3n) is 1.32. The van der Waals surface area contributed by atoms with Gasteiger partial charge in [0.05, 0.1) is 5.38 Å². The Morgan fingerprint density at radius 3 is 1.80 bits per heavy atom. The third kappa shape index (κ3) is 4.87. The Labute approximate surface area is 69.3 Å². The molecule has 60 valence electrons. The lowest BCUT2D eigenvalue weighted by Gasteiger charge is -2.07. The Balaban J connectivity index is 3.66. The van der Waals surface area contributed by atoms with Crippen molar-refractivity contribution in [1.82, 2.24) is 0 Å². The van der Waals surface area contributed by atoms with E-state index in [0.29, 0.717) is 11.8 Å².